The second-order valence-corrected chi connectivity index (χ2v) is 4.87. The number of carbonyl (C=O) groups is 1. The summed E-state index contributed by atoms with van der Waals surface area (Å²) in [6.07, 6.45) is -0.740. The zero-order valence-electron chi connectivity index (χ0n) is 7.63. The molecule has 0 spiro atoms. The maximum absolute atomic E-state index is 10.8. The largest absolute Gasteiger partial charge is 0.449 e. The van der Waals surface area contributed by atoms with Crippen LogP contribution in [0.4, 0.5) is 0 Å². The predicted octanol–water partition coefficient (Wildman–Crippen LogP) is -0.804. The van der Waals surface area contributed by atoms with Crippen LogP contribution in [-0.4, -0.2) is 37.8 Å². The summed E-state index contributed by atoms with van der Waals surface area (Å²) >= 11 is 0. The van der Waals surface area contributed by atoms with E-state index in [1.54, 1.807) is 6.07 Å². The fourth-order valence-corrected chi connectivity index (χ4v) is 0.947. The molecule has 0 heterocycles. The van der Waals surface area contributed by atoms with Gasteiger partial charge in [-0.3, -0.25) is 4.79 Å². The first kappa shape index (κ1) is 12.9. The first-order chi connectivity index (χ1) is 6.35. The molecule has 0 aliphatic heterocycles. The summed E-state index contributed by atoms with van der Waals surface area (Å²) in [5.41, 5.74) is 0. The maximum atomic E-state index is 10.8. The van der Waals surface area contributed by atoms with Gasteiger partial charge in [-0.1, -0.05) is 0 Å². The van der Waals surface area contributed by atoms with Crippen LogP contribution in [0.2, 0.25) is 0 Å². The van der Waals surface area contributed by atoms with Gasteiger partial charge in [0, 0.05) is 6.26 Å². The number of nitrogens with zero attached hydrogens (tertiary/aromatic N) is 1. The molecule has 0 aromatic carbocycles. The Morgan fingerprint density at radius 1 is 1.64 bits per heavy atom. The van der Waals surface area contributed by atoms with Crippen molar-refractivity contribution in [2.45, 2.75) is 18.9 Å². The van der Waals surface area contributed by atoms with Crippen molar-refractivity contribution in [2.75, 3.05) is 12.2 Å². The molecule has 0 fully saturated rings. The molecule has 0 amide bonds. The fraction of sp³-hybridized carbons (Fsp3) is 0.714. The summed E-state index contributed by atoms with van der Waals surface area (Å²) in [6.45, 7) is 0. The normalized spacial score (nSPS) is 12.9. The second-order valence-electron chi connectivity index (χ2n) is 2.78. The number of aliphatic hydroxyl groups excluding tert-OH is 1. The van der Waals surface area contributed by atoms with Crippen LogP contribution in [0.15, 0.2) is 0 Å². The van der Waals surface area contributed by atoms with Crippen LogP contribution in [-0.2, 0) is 19.4 Å². The molecule has 14 heavy (non-hydrogen) atoms. The van der Waals surface area contributed by atoms with Gasteiger partial charge in [0.2, 0.25) is 0 Å². The van der Waals surface area contributed by atoms with E-state index in [4.69, 9.17) is 10.4 Å². The summed E-state index contributed by atoms with van der Waals surface area (Å²) in [7, 11) is -3.36. The molecule has 0 bridgehead atoms. The quantitative estimate of drug-likeness (QED) is 0.609. The number of rotatable bonds is 5. The Bertz CT molecular complexity index is 328. The van der Waals surface area contributed by atoms with Crippen molar-refractivity contribution in [1.29, 1.82) is 5.26 Å². The summed E-state index contributed by atoms with van der Waals surface area (Å²) in [5, 5.41) is 17.1. The number of nitriles is 1. The van der Waals surface area contributed by atoms with E-state index in [0.717, 1.165) is 6.26 Å². The fourth-order valence-electron chi connectivity index (χ4n) is 0.602. The molecule has 0 aliphatic carbocycles. The van der Waals surface area contributed by atoms with Crippen LogP contribution in [0.25, 0.3) is 0 Å². The van der Waals surface area contributed by atoms with Gasteiger partial charge < -0.3 is 9.84 Å². The van der Waals surface area contributed by atoms with E-state index in [0.29, 0.717) is 0 Å². The highest BCUT2D eigenvalue weighted by atomic mass is 32.2. The van der Waals surface area contributed by atoms with Crippen molar-refractivity contribution < 1.29 is 23.1 Å². The number of hydrogen-bond donors (Lipinski definition) is 1. The molecule has 80 valence electrons. The molecular formula is C7H11NO5S. The van der Waals surface area contributed by atoms with Gasteiger partial charge >= 0.3 is 5.97 Å². The molecule has 1 N–H and O–H groups in total. The molecule has 6 nitrogen and oxygen atoms in total. The van der Waals surface area contributed by atoms with Gasteiger partial charge in [-0.15, -0.1) is 0 Å². The molecule has 7 heteroatoms. The molecule has 0 radical (unpaired) electrons. The Morgan fingerprint density at radius 2 is 2.21 bits per heavy atom. The van der Waals surface area contributed by atoms with Crippen molar-refractivity contribution in [3.05, 3.63) is 0 Å². The predicted molar refractivity (Wildman–Crippen MR) is 46.7 cm³/mol. The van der Waals surface area contributed by atoms with Gasteiger partial charge in [0.15, 0.2) is 15.8 Å². The highest BCUT2D eigenvalue weighted by Gasteiger charge is 2.13. The zero-order valence-corrected chi connectivity index (χ0v) is 8.45. The first-order valence-electron chi connectivity index (χ1n) is 3.73. The van der Waals surface area contributed by atoms with Crippen molar-refractivity contribution in [1.82, 2.24) is 0 Å². The number of sulfone groups is 1. The number of aliphatic hydroxyl groups is 1. The first-order valence-corrected chi connectivity index (χ1v) is 5.79. The van der Waals surface area contributed by atoms with Crippen molar-refractivity contribution in [3.63, 3.8) is 0 Å². The van der Waals surface area contributed by atoms with Crippen molar-refractivity contribution in [2.24, 2.45) is 0 Å². The van der Waals surface area contributed by atoms with Crippen molar-refractivity contribution in [3.8, 4) is 6.07 Å². The van der Waals surface area contributed by atoms with Crippen LogP contribution in [0.5, 0.6) is 0 Å². The molecule has 0 aliphatic rings. The van der Waals surface area contributed by atoms with E-state index in [2.05, 4.69) is 4.74 Å². The van der Waals surface area contributed by atoms with Crippen LogP contribution in [0, 0.1) is 11.3 Å². The Morgan fingerprint density at radius 3 is 2.64 bits per heavy atom. The van der Waals surface area contributed by atoms with Gasteiger partial charge in [0.05, 0.1) is 25.0 Å². The number of ether oxygens (including phenoxy) is 1. The third-order valence-electron chi connectivity index (χ3n) is 1.16. The average molecular weight is 221 g/mol. The summed E-state index contributed by atoms with van der Waals surface area (Å²) < 4.78 is 25.4. The SMILES string of the molecule is CS(=O)(=O)COC(=O)C[C@H](O)CC#N. The molecule has 0 aromatic heterocycles. The molecular weight excluding hydrogens is 210 g/mol. The lowest BCUT2D eigenvalue weighted by Gasteiger charge is -2.05. The molecule has 0 aromatic rings. The second kappa shape index (κ2) is 5.57. The van der Waals surface area contributed by atoms with E-state index < -0.39 is 27.8 Å². The third-order valence-corrected chi connectivity index (χ3v) is 1.71. The number of esters is 1. The topological polar surface area (TPSA) is 104 Å². The lowest BCUT2D eigenvalue weighted by molar-refractivity contribution is -0.143. The van der Waals surface area contributed by atoms with Gasteiger partial charge in [0.25, 0.3) is 0 Å². The highest BCUT2D eigenvalue weighted by molar-refractivity contribution is 7.90. The molecule has 0 saturated heterocycles. The van der Waals surface area contributed by atoms with Gasteiger partial charge in [-0.2, -0.15) is 5.26 Å². The minimum absolute atomic E-state index is 0.187. The van der Waals surface area contributed by atoms with Gasteiger partial charge in [-0.25, -0.2) is 8.42 Å². The van der Waals surface area contributed by atoms with Gasteiger partial charge in [-0.05, 0) is 0 Å². The molecule has 0 rings (SSSR count). The van der Waals surface area contributed by atoms with Crippen molar-refractivity contribution >= 4 is 15.8 Å². The van der Waals surface area contributed by atoms with E-state index >= 15 is 0 Å². The molecule has 0 unspecified atom stereocenters. The highest BCUT2D eigenvalue weighted by Crippen LogP contribution is 1.99. The standard InChI is InChI=1S/C7H11NO5S/c1-14(11,12)5-13-7(10)4-6(9)2-3-8/h6,9H,2,4-5H2,1H3/t6-/m1/s1. The van der Waals surface area contributed by atoms with Crippen LogP contribution in [0.3, 0.4) is 0 Å². The Balaban J connectivity index is 3.84. The van der Waals surface area contributed by atoms with E-state index in [-0.39, 0.29) is 12.8 Å². The van der Waals surface area contributed by atoms with E-state index in [1.165, 1.54) is 0 Å². The molecule has 1 atom stereocenters. The van der Waals surface area contributed by atoms with Crippen LogP contribution < -0.4 is 0 Å². The zero-order chi connectivity index (χ0) is 11.2. The Kier molecular flexibility index (Phi) is 5.12. The smallest absolute Gasteiger partial charge is 0.309 e. The van der Waals surface area contributed by atoms with Crippen LogP contribution >= 0.6 is 0 Å². The Hall–Kier alpha value is -1.13. The summed E-state index contributed by atoms with van der Waals surface area (Å²) in [4.78, 5) is 10.8. The van der Waals surface area contributed by atoms with Crippen LogP contribution in [0.1, 0.15) is 12.8 Å². The third kappa shape index (κ3) is 7.52. The Labute approximate surface area is 82.0 Å². The maximum Gasteiger partial charge on any atom is 0.309 e. The lowest BCUT2D eigenvalue weighted by atomic mass is 10.2. The average Bonchev–Trinajstić information content (AvgIpc) is 2.00. The van der Waals surface area contributed by atoms with Gasteiger partial charge in [0.1, 0.15) is 0 Å². The minimum atomic E-state index is -3.36. The number of hydrogen-bond acceptors (Lipinski definition) is 6. The lowest BCUT2D eigenvalue weighted by Crippen LogP contribution is -2.18. The summed E-state index contributed by atoms with van der Waals surface area (Å²) in [6, 6.07) is 1.67. The monoisotopic (exact) mass is 221 g/mol. The number of carbonyl (C=O) groups excluding carboxylic acids is 1. The minimum Gasteiger partial charge on any atom is -0.449 e. The van der Waals surface area contributed by atoms with E-state index in [1.807, 2.05) is 0 Å². The van der Waals surface area contributed by atoms with E-state index in [9.17, 15) is 13.2 Å². The molecule has 0 saturated carbocycles. The summed E-state index contributed by atoms with van der Waals surface area (Å²) in [5.74, 6) is -1.54.